The predicted molar refractivity (Wildman–Crippen MR) is 68.0 cm³/mol. The summed E-state index contributed by atoms with van der Waals surface area (Å²) in [6, 6.07) is 2.26. The number of benzene rings is 1. The number of halogens is 1. The third-order valence-electron chi connectivity index (χ3n) is 2.28. The summed E-state index contributed by atoms with van der Waals surface area (Å²) in [6.45, 7) is 0. The Balaban J connectivity index is 2.15. The van der Waals surface area contributed by atoms with E-state index < -0.39 is 17.8 Å². The minimum Gasteiger partial charge on any atom is -0.478 e. The number of carbonyl (C=O) groups is 2. The molecule has 0 fully saturated rings. The summed E-state index contributed by atoms with van der Waals surface area (Å²) >= 11 is 0. The maximum atomic E-state index is 13.1. The Labute approximate surface area is 112 Å². The molecular weight excluding hydrogens is 267 g/mol. The number of rotatable bonds is 3. The number of carboxylic acids is 1. The van der Waals surface area contributed by atoms with Gasteiger partial charge in [0.25, 0.3) is 0 Å². The first-order valence-electron chi connectivity index (χ1n) is 5.42. The molecule has 8 heteroatoms. The van der Waals surface area contributed by atoms with Crippen LogP contribution in [-0.2, 0) is 0 Å². The van der Waals surface area contributed by atoms with E-state index in [0.29, 0.717) is 5.69 Å². The highest BCUT2D eigenvalue weighted by atomic mass is 19.1. The van der Waals surface area contributed by atoms with Crippen molar-refractivity contribution in [3.8, 4) is 0 Å². The Kier molecular flexibility index (Phi) is 3.85. The number of nitrogens with one attached hydrogen (secondary N) is 2. The van der Waals surface area contributed by atoms with Crippen molar-refractivity contribution in [1.29, 1.82) is 0 Å². The van der Waals surface area contributed by atoms with E-state index >= 15 is 0 Å². The minimum absolute atomic E-state index is 0.146. The summed E-state index contributed by atoms with van der Waals surface area (Å²) in [5.74, 6) is -1.93. The first-order chi connectivity index (χ1) is 9.56. The van der Waals surface area contributed by atoms with Crippen LogP contribution in [0.5, 0.6) is 0 Å². The van der Waals surface area contributed by atoms with Gasteiger partial charge in [-0.2, -0.15) is 0 Å². The van der Waals surface area contributed by atoms with E-state index in [1.807, 2.05) is 0 Å². The second-order valence-electron chi connectivity index (χ2n) is 3.70. The van der Waals surface area contributed by atoms with Gasteiger partial charge in [-0.15, -0.1) is 0 Å². The lowest BCUT2D eigenvalue weighted by molar-refractivity contribution is 0.0698. The summed E-state index contributed by atoms with van der Waals surface area (Å²) in [5.41, 5.74) is -0.0454. The number of amides is 2. The topological polar surface area (TPSA) is 104 Å². The van der Waals surface area contributed by atoms with Gasteiger partial charge < -0.3 is 15.7 Å². The molecule has 2 amide bonds. The number of hydrogen-bond donors (Lipinski definition) is 3. The van der Waals surface area contributed by atoms with Crippen molar-refractivity contribution in [2.24, 2.45) is 0 Å². The Morgan fingerprint density at radius 1 is 1.15 bits per heavy atom. The second-order valence-corrected chi connectivity index (χ2v) is 3.70. The van der Waals surface area contributed by atoms with Crippen LogP contribution in [0.1, 0.15) is 10.4 Å². The molecule has 1 aromatic carbocycles. The summed E-state index contributed by atoms with van der Waals surface area (Å²) in [6.07, 6.45) is 4.00. The van der Waals surface area contributed by atoms with E-state index in [1.165, 1.54) is 18.7 Å². The Morgan fingerprint density at radius 3 is 2.50 bits per heavy atom. The zero-order valence-corrected chi connectivity index (χ0v) is 10.0. The third kappa shape index (κ3) is 3.25. The molecule has 0 aliphatic heterocycles. The van der Waals surface area contributed by atoms with Gasteiger partial charge in [-0.3, -0.25) is 0 Å². The smallest absolute Gasteiger partial charge is 0.337 e. The van der Waals surface area contributed by atoms with Gasteiger partial charge >= 0.3 is 12.0 Å². The van der Waals surface area contributed by atoms with Gasteiger partial charge in [-0.1, -0.05) is 0 Å². The first-order valence-corrected chi connectivity index (χ1v) is 5.42. The maximum Gasteiger partial charge on any atom is 0.337 e. The van der Waals surface area contributed by atoms with E-state index in [0.717, 1.165) is 18.2 Å². The van der Waals surface area contributed by atoms with Crippen LogP contribution in [0.4, 0.5) is 20.6 Å². The fraction of sp³-hybridized carbons (Fsp3) is 0. The van der Waals surface area contributed by atoms with Crippen LogP contribution in [0.15, 0.2) is 36.9 Å². The number of anilines is 2. The van der Waals surface area contributed by atoms with E-state index in [9.17, 15) is 14.0 Å². The number of carboxylic acid groups (broad SMARTS) is 1. The standard InChI is InChI=1S/C12H9FN4O3/c13-7-1-2-9(11(18)19)10(3-7)17-12(20)16-8-4-14-6-15-5-8/h1-6H,(H,18,19)(H2,16,17,20). The monoisotopic (exact) mass is 276 g/mol. The average Bonchev–Trinajstić information content (AvgIpc) is 2.39. The zero-order chi connectivity index (χ0) is 14.5. The van der Waals surface area contributed by atoms with Crippen molar-refractivity contribution >= 4 is 23.4 Å². The number of urea groups is 1. The van der Waals surface area contributed by atoms with Crippen LogP contribution in [0.3, 0.4) is 0 Å². The molecule has 0 atom stereocenters. The summed E-state index contributed by atoms with van der Waals surface area (Å²) in [7, 11) is 0. The highest BCUT2D eigenvalue weighted by Gasteiger charge is 2.13. The lowest BCUT2D eigenvalue weighted by Gasteiger charge is -2.09. The molecule has 0 unspecified atom stereocenters. The summed E-state index contributed by atoms with van der Waals surface area (Å²) < 4.78 is 13.1. The highest BCUT2D eigenvalue weighted by Crippen LogP contribution is 2.17. The Hall–Kier alpha value is -3.03. The van der Waals surface area contributed by atoms with Crippen LogP contribution in [-0.4, -0.2) is 27.1 Å². The molecule has 3 N–H and O–H groups in total. The van der Waals surface area contributed by atoms with Crippen LogP contribution in [0.2, 0.25) is 0 Å². The summed E-state index contributed by atoms with van der Waals surface area (Å²) in [4.78, 5) is 30.0. The van der Waals surface area contributed by atoms with Crippen molar-refractivity contribution in [3.63, 3.8) is 0 Å². The van der Waals surface area contributed by atoms with Crippen molar-refractivity contribution in [2.75, 3.05) is 10.6 Å². The molecule has 102 valence electrons. The molecule has 2 rings (SSSR count). The van der Waals surface area contributed by atoms with E-state index in [2.05, 4.69) is 20.6 Å². The molecule has 20 heavy (non-hydrogen) atoms. The van der Waals surface area contributed by atoms with Crippen LogP contribution >= 0.6 is 0 Å². The number of aromatic nitrogens is 2. The van der Waals surface area contributed by atoms with E-state index in [4.69, 9.17) is 5.11 Å². The number of nitrogens with zero attached hydrogens (tertiary/aromatic N) is 2. The predicted octanol–water partition coefficient (Wildman–Crippen LogP) is 1.96. The fourth-order valence-corrected chi connectivity index (χ4v) is 1.45. The van der Waals surface area contributed by atoms with Crippen molar-refractivity contribution < 1.29 is 19.1 Å². The van der Waals surface area contributed by atoms with Gasteiger partial charge in [0.2, 0.25) is 0 Å². The number of hydrogen-bond acceptors (Lipinski definition) is 4. The molecule has 0 aliphatic carbocycles. The number of aromatic carboxylic acids is 1. The molecule has 0 saturated heterocycles. The first kappa shape index (κ1) is 13.4. The maximum absolute atomic E-state index is 13.1. The third-order valence-corrected chi connectivity index (χ3v) is 2.28. The largest absolute Gasteiger partial charge is 0.478 e. The number of carbonyl (C=O) groups excluding carboxylic acids is 1. The fourth-order valence-electron chi connectivity index (χ4n) is 1.45. The molecule has 0 saturated carbocycles. The molecule has 2 aromatic rings. The van der Waals surface area contributed by atoms with Gasteiger partial charge in [0.1, 0.15) is 12.1 Å². The summed E-state index contributed by atoms with van der Waals surface area (Å²) in [5, 5.41) is 13.6. The van der Waals surface area contributed by atoms with E-state index in [-0.39, 0.29) is 11.3 Å². The Morgan fingerprint density at radius 2 is 1.85 bits per heavy atom. The second kappa shape index (κ2) is 5.74. The molecule has 0 bridgehead atoms. The van der Waals surface area contributed by atoms with Crippen molar-refractivity contribution in [3.05, 3.63) is 48.3 Å². The SMILES string of the molecule is O=C(Nc1cncnc1)Nc1cc(F)ccc1C(=O)O. The average molecular weight is 276 g/mol. The quantitative estimate of drug-likeness (QED) is 0.794. The molecule has 0 radical (unpaired) electrons. The van der Waals surface area contributed by atoms with Gasteiger partial charge in [-0.05, 0) is 18.2 Å². The van der Waals surface area contributed by atoms with Crippen LogP contribution in [0.25, 0.3) is 0 Å². The van der Waals surface area contributed by atoms with Crippen molar-refractivity contribution in [1.82, 2.24) is 9.97 Å². The van der Waals surface area contributed by atoms with Crippen molar-refractivity contribution in [2.45, 2.75) is 0 Å². The van der Waals surface area contributed by atoms with Gasteiger partial charge in [0, 0.05) is 0 Å². The van der Waals surface area contributed by atoms with Crippen LogP contribution < -0.4 is 10.6 Å². The minimum atomic E-state index is -1.27. The zero-order valence-electron chi connectivity index (χ0n) is 10.0. The van der Waals surface area contributed by atoms with Gasteiger partial charge in [0.15, 0.2) is 0 Å². The molecule has 7 nitrogen and oxygen atoms in total. The molecular formula is C12H9FN4O3. The molecule has 1 aromatic heterocycles. The van der Waals surface area contributed by atoms with Crippen LogP contribution in [0, 0.1) is 5.82 Å². The van der Waals surface area contributed by atoms with Gasteiger partial charge in [0.05, 0.1) is 29.3 Å². The molecule has 0 aliphatic rings. The molecule has 0 spiro atoms. The van der Waals surface area contributed by atoms with Gasteiger partial charge in [-0.25, -0.2) is 23.9 Å². The Bertz CT molecular complexity index is 648. The lowest BCUT2D eigenvalue weighted by Crippen LogP contribution is -2.21. The molecule has 1 heterocycles. The highest BCUT2D eigenvalue weighted by molar-refractivity contribution is 6.04. The normalized spacial score (nSPS) is 9.85. The van der Waals surface area contributed by atoms with E-state index in [1.54, 1.807) is 0 Å². The lowest BCUT2D eigenvalue weighted by atomic mass is 10.2.